The molecule has 22 heavy (non-hydrogen) atoms. The van der Waals surface area contributed by atoms with E-state index in [0.717, 1.165) is 6.08 Å². The SMILES string of the molecule is NC1=C(F)C(=Cc2ccccc2)C(OF)C(C(=O)OF)=C1F. The van der Waals surface area contributed by atoms with Gasteiger partial charge < -0.3 is 5.73 Å². The molecule has 0 radical (unpaired) electrons. The summed E-state index contributed by atoms with van der Waals surface area (Å²) in [7, 11) is 0. The third-order valence-corrected chi connectivity index (χ3v) is 3.01. The predicted octanol–water partition coefficient (Wildman–Crippen LogP) is 3.14. The first kappa shape index (κ1) is 15.8. The molecule has 0 aliphatic heterocycles. The maximum atomic E-state index is 14.1. The van der Waals surface area contributed by atoms with Gasteiger partial charge in [0.1, 0.15) is 11.3 Å². The topological polar surface area (TPSA) is 61.5 Å². The molecule has 1 aliphatic carbocycles. The molecule has 8 heteroatoms. The first-order valence-electron chi connectivity index (χ1n) is 5.93. The molecule has 0 spiro atoms. The number of carbonyl (C=O) groups excluding carboxylic acids is 1. The molecule has 0 aromatic heterocycles. The molecule has 1 aromatic carbocycles. The summed E-state index contributed by atoms with van der Waals surface area (Å²) in [5.41, 5.74) is 2.74. The summed E-state index contributed by atoms with van der Waals surface area (Å²) >= 11 is 0. The van der Waals surface area contributed by atoms with E-state index in [1.807, 2.05) is 0 Å². The molecule has 2 N–H and O–H groups in total. The second-order valence-corrected chi connectivity index (χ2v) is 4.30. The molecule has 1 atom stereocenters. The molecule has 0 heterocycles. The average molecular weight is 315 g/mol. The van der Waals surface area contributed by atoms with Crippen molar-refractivity contribution in [3.05, 3.63) is 64.4 Å². The van der Waals surface area contributed by atoms with E-state index in [1.54, 1.807) is 18.2 Å². The summed E-state index contributed by atoms with van der Waals surface area (Å²) in [5, 5.41) is 0. The fourth-order valence-corrected chi connectivity index (χ4v) is 1.98. The maximum Gasteiger partial charge on any atom is 0.381 e. The van der Waals surface area contributed by atoms with Gasteiger partial charge in [0.25, 0.3) is 0 Å². The van der Waals surface area contributed by atoms with Crippen molar-refractivity contribution in [1.29, 1.82) is 0 Å². The Morgan fingerprint density at radius 1 is 1.14 bits per heavy atom. The molecule has 0 amide bonds. The minimum atomic E-state index is -2.14. The van der Waals surface area contributed by atoms with Gasteiger partial charge in [0.2, 0.25) is 0 Å². The van der Waals surface area contributed by atoms with Crippen LogP contribution in [-0.4, -0.2) is 12.1 Å². The van der Waals surface area contributed by atoms with E-state index >= 15 is 0 Å². The second kappa shape index (κ2) is 6.44. The number of halogens is 4. The standard InChI is InChI=1S/C14H9F4NO3/c15-10-8(6-7-4-2-1-3-5-7)13(21-17)9(14(20)22-18)11(16)12(10)19/h1-6,13H,19H2. The Morgan fingerprint density at radius 2 is 1.77 bits per heavy atom. The first-order chi connectivity index (χ1) is 10.5. The number of allylic oxidation sites excluding steroid dienone is 1. The summed E-state index contributed by atoms with van der Waals surface area (Å²) in [6, 6.07) is 7.97. The van der Waals surface area contributed by atoms with Gasteiger partial charge in [-0.3, -0.25) is 0 Å². The van der Waals surface area contributed by atoms with Gasteiger partial charge in [-0.25, -0.2) is 18.5 Å². The molecule has 1 aliphatic rings. The van der Waals surface area contributed by atoms with Crippen LogP contribution in [0.3, 0.4) is 0 Å². The fraction of sp³-hybridized carbons (Fsp3) is 0.0714. The van der Waals surface area contributed by atoms with Gasteiger partial charge in [0, 0.05) is 10.1 Å². The van der Waals surface area contributed by atoms with Gasteiger partial charge in [-0.1, -0.05) is 30.3 Å². The monoisotopic (exact) mass is 315 g/mol. The maximum absolute atomic E-state index is 14.1. The largest absolute Gasteiger partial charge is 0.394 e. The number of hydrogen-bond donors (Lipinski definition) is 1. The quantitative estimate of drug-likeness (QED) is 0.871. The molecule has 116 valence electrons. The van der Waals surface area contributed by atoms with Gasteiger partial charge in [-0.15, -0.1) is 0 Å². The number of carbonyl (C=O) groups is 1. The number of hydrogen-bond acceptors (Lipinski definition) is 4. The minimum absolute atomic E-state index is 0.401. The summed E-state index contributed by atoms with van der Waals surface area (Å²) in [6.45, 7) is 0. The zero-order chi connectivity index (χ0) is 16.3. The van der Waals surface area contributed by atoms with Crippen LogP contribution in [0.1, 0.15) is 5.56 Å². The molecule has 4 nitrogen and oxygen atoms in total. The van der Waals surface area contributed by atoms with E-state index in [4.69, 9.17) is 5.73 Å². The van der Waals surface area contributed by atoms with E-state index in [9.17, 15) is 22.6 Å². The molecular formula is C14H9F4NO3. The third-order valence-electron chi connectivity index (χ3n) is 3.01. The summed E-state index contributed by atoms with van der Waals surface area (Å²) in [4.78, 5) is 17.5. The average Bonchev–Trinajstić information content (AvgIpc) is 2.55. The van der Waals surface area contributed by atoms with Crippen LogP contribution >= 0.6 is 0 Å². The lowest BCUT2D eigenvalue weighted by Gasteiger charge is -2.22. The van der Waals surface area contributed by atoms with Crippen LogP contribution in [-0.2, 0) is 14.7 Å². The van der Waals surface area contributed by atoms with Gasteiger partial charge in [-0.05, 0) is 16.2 Å². The smallest absolute Gasteiger partial charge is 0.381 e. The van der Waals surface area contributed by atoms with Crippen molar-refractivity contribution in [2.24, 2.45) is 5.73 Å². The highest BCUT2D eigenvalue weighted by atomic mass is 19.3. The number of rotatable bonds is 3. The highest BCUT2D eigenvalue weighted by Crippen LogP contribution is 2.37. The second-order valence-electron chi connectivity index (χ2n) is 4.30. The van der Waals surface area contributed by atoms with Gasteiger partial charge in [0.15, 0.2) is 17.8 Å². The lowest BCUT2D eigenvalue weighted by Crippen LogP contribution is -2.29. The van der Waals surface area contributed by atoms with Crippen molar-refractivity contribution >= 4 is 12.0 Å². The molecule has 1 unspecified atom stereocenters. The Hall–Kier alpha value is -2.61. The van der Waals surface area contributed by atoms with E-state index in [1.165, 1.54) is 12.1 Å². The number of nitrogens with two attached hydrogens (primary N) is 1. The van der Waals surface area contributed by atoms with Crippen molar-refractivity contribution in [3.63, 3.8) is 0 Å². The molecule has 1 aromatic rings. The fourth-order valence-electron chi connectivity index (χ4n) is 1.98. The molecule has 0 bridgehead atoms. The Bertz CT molecular complexity index is 683. The van der Waals surface area contributed by atoms with Crippen LogP contribution < -0.4 is 5.73 Å². The minimum Gasteiger partial charge on any atom is -0.394 e. The lowest BCUT2D eigenvalue weighted by atomic mass is 9.91. The zero-order valence-corrected chi connectivity index (χ0v) is 10.9. The predicted molar refractivity (Wildman–Crippen MR) is 68.1 cm³/mol. The van der Waals surface area contributed by atoms with E-state index in [2.05, 4.69) is 9.88 Å². The Balaban J connectivity index is 2.61. The van der Waals surface area contributed by atoms with Crippen molar-refractivity contribution in [3.8, 4) is 0 Å². The van der Waals surface area contributed by atoms with Gasteiger partial charge >= 0.3 is 5.97 Å². The van der Waals surface area contributed by atoms with Crippen molar-refractivity contribution < 1.29 is 32.5 Å². The third kappa shape index (κ3) is 2.73. The summed E-state index contributed by atoms with van der Waals surface area (Å²) in [5.74, 6) is -4.83. The van der Waals surface area contributed by atoms with Gasteiger partial charge in [0.05, 0.1) is 0 Å². The normalized spacial score (nSPS) is 20.5. The van der Waals surface area contributed by atoms with Crippen molar-refractivity contribution in [2.75, 3.05) is 0 Å². The van der Waals surface area contributed by atoms with Crippen LogP contribution in [0.4, 0.5) is 17.8 Å². The van der Waals surface area contributed by atoms with E-state index < -0.39 is 40.6 Å². The summed E-state index contributed by atoms with van der Waals surface area (Å²) in [6.07, 6.45) is -1.06. The zero-order valence-electron chi connectivity index (χ0n) is 10.9. The molecular weight excluding hydrogens is 306 g/mol. The number of benzene rings is 1. The first-order valence-corrected chi connectivity index (χ1v) is 5.93. The van der Waals surface area contributed by atoms with E-state index in [0.29, 0.717) is 5.56 Å². The van der Waals surface area contributed by atoms with Crippen molar-refractivity contribution in [2.45, 2.75) is 6.10 Å². The van der Waals surface area contributed by atoms with Gasteiger partial charge in [-0.2, -0.15) is 4.94 Å². The molecule has 0 fully saturated rings. The Labute approximate surface area is 121 Å². The van der Waals surface area contributed by atoms with Crippen LogP contribution in [0, 0.1) is 0 Å². The molecule has 2 rings (SSSR count). The van der Waals surface area contributed by atoms with Crippen molar-refractivity contribution in [1.82, 2.24) is 0 Å². The van der Waals surface area contributed by atoms with E-state index in [-0.39, 0.29) is 0 Å². The lowest BCUT2D eigenvalue weighted by molar-refractivity contribution is -0.187. The van der Waals surface area contributed by atoms with Crippen LogP contribution in [0.15, 0.2) is 58.8 Å². The molecule has 0 saturated heterocycles. The highest BCUT2D eigenvalue weighted by molar-refractivity contribution is 5.93. The van der Waals surface area contributed by atoms with Crippen LogP contribution in [0.2, 0.25) is 0 Å². The Kier molecular flexibility index (Phi) is 4.62. The van der Waals surface area contributed by atoms with Crippen LogP contribution in [0.25, 0.3) is 6.08 Å². The van der Waals surface area contributed by atoms with Crippen LogP contribution in [0.5, 0.6) is 0 Å². The molecule has 0 saturated carbocycles. The Morgan fingerprint density at radius 3 is 2.32 bits per heavy atom. The summed E-state index contributed by atoms with van der Waals surface area (Å²) < 4.78 is 52.7. The highest BCUT2D eigenvalue weighted by Gasteiger charge is 2.40.